The van der Waals surface area contributed by atoms with Crippen molar-refractivity contribution in [2.45, 2.75) is 45.4 Å². The molecule has 148 valence electrons. The molecule has 2 aliphatic heterocycles. The van der Waals surface area contributed by atoms with Crippen LogP contribution < -0.4 is 0 Å². The Balaban J connectivity index is 1.30. The van der Waals surface area contributed by atoms with E-state index in [0.29, 0.717) is 25.4 Å². The molecule has 3 fully saturated rings. The van der Waals surface area contributed by atoms with Crippen LogP contribution in [0.5, 0.6) is 0 Å². The monoisotopic (exact) mass is 379 g/mol. The number of rotatable bonds is 4. The van der Waals surface area contributed by atoms with Crippen LogP contribution in [0.2, 0.25) is 0 Å². The lowest BCUT2D eigenvalue weighted by atomic mass is 9.78. The molecule has 1 aliphatic carbocycles. The second-order valence-electron chi connectivity index (χ2n) is 9.09. The third kappa shape index (κ3) is 3.01. The van der Waals surface area contributed by atoms with Gasteiger partial charge in [-0.3, -0.25) is 9.59 Å². The van der Waals surface area contributed by atoms with E-state index in [2.05, 4.69) is 22.0 Å². The zero-order valence-corrected chi connectivity index (χ0v) is 16.7. The standard InChI is InChI=1S/C23H29N3O2/c1-16-19(18-5-2-3-6-20(18)24-16)13-21(27)26-12-10-23(15-26)9-4-11-25(22(23)28)14-17-7-8-17/h2-3,5-6,17,24H,4,7-15H2,1H3. The van der Waals surface area contributed by atoms with Crippen LogP contribution in [0, 0.1) is 18.3 Å². The Morgan fingerprint density at radius 1 is 1.21 bits per heavy atom. The summed E-state index contributed by atoms with van der Waals surface area (Å²) < 4.78 is 0. The van der Waals surface area contributed by atoms with Crippen molar-refractivity contribution in [2.75, 3.05) is 26.2 Å². The van der Waals surface area contributed by atoms with Gasteiger partial charge in [-0.25, -0.2) is 0 Å². The van der Waals surface area contributed by atoms with Crippen molar-refractivity contribution in [2.24, 2.45) is 11.3 Å². The summed E-state index contributed by atoms with van der Waals surface area (Å²) in [6.45, 7) is 5.19. The fourth-order valence-corrected chi connectivity index (χ4v) is 5.23. The number of carbonyl (C=O) groups excluding carboxylic acids is 2. The van der Waals surface area contributed by atoms with Crippen molar-refractivity contribution in [3.8, 4) is 0 Å². The number of nitrogens with zero attached hydrogens (tertiary/aromatic N) is 2. The summed E-state index contributed by atoms with van der Waals surface area (Å²) in [7, 11) is 0. The molecule has 3 aliphatic rings. The Labute approximate surface area is 166 Å². The predicted octanol–water partition coefficient (Wildman–Crippen LogP) is 3.27. The number of aryl methyl sites for hydroxylation is 1. The van der Waals surface area contributed by atoms with Crippen LogP contribution in [-0.4, -0.2) is 52.8 Å². The number of H-pyrrole nitrogens is 1. The first-order chi connectivity index (χ1) is 13.6. The Hall–Kier alpha value is -2.30. The first-order valence-electron chi connectivity index (χ1n) is 10.7. The number of hydrogen-bond acceptors (Lipinski definition) is 2. The summed E-state index contributed by atoms with van der Waals surface area (Å²) in [6.07, 6.45) is 5.78. The van der Waals surface area contributed by atoms with Crippen LogP contribution in [-0.2, 0) is 16.0 Å². The van der Waals surface area contributed by atoms with Gasteiger partial charge in [-0.15, -0.1) is 0 Å². The number of benzene rings is 1. The highest BCUT2D eigenvalue weighted by Gasteiger charge is 2.49. The maximum absolute atomic E-state index is 13.2. The van der Waals surface area contributed by atoms with E-state index in [1.807, 2.05) is 24.0 Å². The normalized spacial score (nSPS) is 25.2. The molecule has 0 radical (unpaired) electrons. The van der Waals surface area contributed by atoms with Gasteiger partial charge in [0.1, 0.15) is 0 Å². The lowest BCUT2D eigenvalue weighted by molar-refractivity contribution is -0.146. The number of aromatic amines is 1. The quantitative estimate of drug-likeness (QED) is 0.886. The SMILES string of the molecule is Cc1[nH]c2ccccc2c1CC(=O)N1CCC2(CCCN(CC3CC3)C2=O)C1. The topological polar surface area (TPSA) is 56.4 Å². The van der Waals surface area contributed by atoms with E-state index in [4.69, 9.17) is 0 Å². The van der Waals surface area contributed by atoms with Crippen LogP contribution >= 0.6 is 0 Å². The van der Waals surface area contributed by atoms with Gasteiger partial charge in [0.2, 0.25) is 11.8 Å². The maximum Gasteiger partial charge on any atom is 0.230 e. The minimum atomic E-state index is -0.321. The molecule has 0 bridgehead atoms. The summed E-state index contributed by atoms with van der Waals surface area (Å²) in [5, 5.41) is 1.13. The van der Waals surface area contributed by atoms with Crippen molar-refractivity contribution < 1.29 is 9.59 Å². The highest BCUT2D eigenvalue weighted by Crippen LogP contribution is 2.42. The number of piperidine rings is 1. The Bertz CT molecular complexity index is 929. The highest BCUT2D eigenvalue weighted by atomic mass is 16.2. The summed E-state index contributed by atoms with van der Waals surface area (Å²) in [5.74, 6) is 1.18. The van der Waals surface area contributed by atoms with Crippen molar-refractivity contribution >= 4 is 22.7 Å². The number of amides is 2. The van der Waals surface area contributed by atoms with Gasteiger partial charge >= 0.3 is 0 Å². The molecule has 5 heteroatoms. The number of likely N-dealkylation sites (tertiary alicyclic amines) is 2. The van der Waals surface area contributed by atoms with E-state index in [1.165, 1.54) is 12.8 Å². The van der Waals surface area contributed by atoms with Crippen molar-refractivity contribution in [3.05, 3.63) is 35.5 Å². The second-order valence-corrected chi connectivity index (χ2v) is 9.09. The predicted molar refractivity (Wildman–Crippen MR) is 109 cm³/mol. The third-order valence-electron chi connectivity index (χ3n) is 7.06. The minimum absolute atomic E-state index is 0.150. The number of nitrogens with one attached hydrogen (secondary N) is 1. The lowest BCUT2D eigenvalue weighted by Gasteiger charge is -2.39. The zero-order chi connectivity index (χ0) is 19.3. The van der Waals surface area contributed by atoms with Crippen LogP contribution in [0.3, 0.4) is 0 Å². The fourth-order valence-electron chi connectivity index (χ4n) is 5.23. The lowest BCUT2D eigenvalue weighted by Crippen LogP contribution is -2.51. The molecule has 1 aromatic carbocycles. The summed E-state index contributed by atoms with van der Waals surface area (Å²) >= 11 is 0. The highest BCUT2D eigenvalue weighted by molar-refractivity contribution is 5.91. The summed E-state index contributed by atoms with van der Waals surface area (Å²) in [6, 6.07) is 8.16. The molecule has 28 heavy (non-hydrogen) atoms. The van der Waals surface area contributed by atoms with Gasteiger partial charge in [-0.2, -0.15) is 0 Å². The number of carbonyl (C=O) groups is 2. The molecule has 2 saturated heterocycles. The third-order valence-corrected chi connectivity index (χ3v) is 7.06. The Kier molecular flexibility index (Phi) is 4.22. The molecule has 5 rings (SSSR count). The fraction of sp³-hybridized carbons (Fsp3) is 0.565. The van der Waals surface area contributed by atoms with Crippen molar-refractivity contribution in [3.63, 3.8) is 0 Å². The molecule has 1 spiro atoms. The molecule has 1 unspecified atom stereocenters. The zero-order valence-electron chi connectivity index (χ0n) is 16.7. The molecule has 5 nitrogen and oxygen atoms in total. The molecule has 1 aromatic heterocycles. The van der Waals surface area contributed by atoms with Crippen molar-refractivity contribution in [1.29, 1.82) is 0 Å². The molecular formula is C23H29N3O2. The smallest absolute Gasteiger partial charge is 0.230 e. The number of aromatic nitrogens is 1. The van der Waals surface area contributed by atoms with E-state index >= 15 is 0 Å². The molecule has 1 N–H and O–H groups in total. The van der Waals surface area contributed by atoms with Gasteiger partial charge in [0.25, 0.3) is 0 Å². The van der Waals surface area contributed by atoms with Crippen LogP contribution in [0.15, 0.2) is 24.3 Å². The number of hydrogen-bond donors (Lipinski definition) is 1. The van der Waals surface area contributed by atoms with E-state index in [9.17, 15) is 9.59 Å². The van der Waals surface area contributed by atoms with Gasteiger partial charge in [-0.1, -0.05) is 18.2 Å². The van der Waals surface area contributed by atoms with Gasteiger partial charge < -0.3 is 14.8 Å². The average molecular weight is 380 g/mol. The second kappa shape index (κ2) is 6.64. The summed E-state index contributed by atoms with van der Waals surface area (Å²) in [5.41, 5.74) is 2.91. The molecular weight excluding hydrogens is 350 g/mol. The molecule has 1 atom stereocenters. The first kappa shape index (κ1) is 17.8. The van der Waals surface area contributed by atoms with Crippen LogP contribution in [0.4, 0.5) is 0 Å². The van der Waals surface area contributed by atoms with Crippen LogP contribution in [0.1, 0.15) is 43.4 Å². The molecule has 3 heterocycles. The van der Waals surface area contributed by atoms with E-state index in [-0.39, 0.29) is 11.3 Å². The van der Waals surface area contributed by atoms with E-state index in [1.54, 1.807) is 0 Å². The first-order valence-corrected chi connectivity index (χ1v) is 10.7. The largest absolute Gasteiger partial charge is 0.358 e. The molecule has 2 amide bonds. The maximum atomic E-state index is 13.2. The van der Waals surface area contributed by atoms with Gasteiger partial charge in [-0.05, 0) is 56.6 Å². The van der Waals surface area contributed by atoms with Gasteiger partial charge in [0.15, 0.2) is 0 Å². The van der Waals surface area contributed by atoms with Crippen LogP contribution in [0.25, 0.3) is 10.9 Å². The summed E-state index contributed by atoms with van der Waals surface area (Å²) in [4.78, 5) is 33.7. The Morgan fingerprint density at radius 2 is 2.04 bits per heavy atom. The van der Waals surface area contributed by atoms with Crippen molar-refractivity contribution in [1.82, 2.24) is 14.8 Å². The van der Waals surface area contributed by atoms with Gasteiger partial charge in [0.05, 0.1) is 11.8 Å². The average Bonchev–Trinajstić information content (AvgIpc) is 3.32. The number of para-hydroxylation sites is 1. The van der Waals surface area contributed by atoms with Gasteiger partial charge in [0, 0.05) is 42.8 Å². The molecule has 1 saturated carbocycles. The Morgan fingerprint density at radius 3 is 2.86 bits per heavy atom. The van der Waals surface area contributed by atoms with E-state index in [0.717, 1.165) is 60.4 Å². The number of fused-ring (bicyclic) bond motifs is 1. The minimum Gasteiger partial charge on any atom is -0.358 e. The molecule has 2 aromatic rings. The van der Waals surface area contributed by atoms with E-state index < -0.39 is 0 Å².